The number of nitrogens with one attached hydrogen (secondary N) is 1. The van der Waals surface area contributed by atoms with E-state index in [0.717, 1.165) is 19.3 Å². The molecule has 0 bridgehead atoms. The van der Waals surface area contributed by atoms with Crippen LogP contribution in [0.15, 0.2) is 0 Å². The molecule has 0 radical (unpaired) electrons. The molecule has 94 valence electrons. The second-order valence-corrected chi connectivity index (χ2v) is 5.54. The van der Waals surface area contributed by atoms with E-state index in [2.05, 4.69) is 5.32 Å². The van der Waals surface area contributed by atoms with E-state index in [1.165, 1.54) is 4.90 Å². The van der Waals surface area contributed by atoms with Crippen LogP contribution in [-0.4, -0.2) is 28.3 Å². The van der Waals surface area contributed by atoms with Gasteiger partial charge in [-0.05, 0) is 32.1 Å². The average Bonchev–Trinajstić information content (AvgIpc) is 2.13. The van der Waals surface area contributed by atoms with Crippen molar-refractivity contribution in [3.05, 3.63) is 0 Å². The lowest BCUT2D eigenvalue weighted by molar-refractivity contribution is -0.150. The molecule has 0 aromatic rings. The Morgan fingerprint density at radius 3 is 2.29 bits per heavy atom. The molecule has 17 heavy (non-hydrogen) atoms. The molecular formula is C12H18N2O3. The van der Waals surface area contributed by atoms with Crippen LogP contribution >= 0.6 is 0 Å². The third-order valence-corrected chi connectivity index (χ3v) is 3.84. The number of urea groups is 1. The quantitative estimate of drug-likeness (QED) is 0.737. The molecule has 2 aliphatic rings. The van der Waals surface area contributed by atoms with E-state index in [-0.39, 0.29) is 11.8 Å². The van der Waals surface area contributed by atoms with E-state index in [1.807, 2.05) is 20.8 Å². The van der Waals surface area contributed by atoms with E-state index in [9.17, 15) is 14.4 Å². The normalized spacial score (nSPS) is 28.1. The summed E-state index contributed by atoms with van der Waals surface area (Å²) in [6.07, 6.45) is 2.67. The molecule has 1 saturated carbocycles. The van der Waals surface area contributed by atoms with E-state index in [1.54, 1.807) is 0 Å². The summed E-state index contributed by atoms with van der Waals surface area (Å²) in [6.45, 7) is 5.54. The number of rotatable bonds is 2. The Kier molecular flexibility index (Phi) is 2.72. The Morgan fingerprint density at radius 1 is 1.29 bits per heavy atom. The van der Waals surface area contributed by atoms with Crippen LogP contribution in [0.1, 0.15) is 40.0 Å². The number of amides is 4. The fraction of sp³-hybridized carbons (Fsp3) is 0.750. The van der Waals surface area contributed by atoms with Crippen LogP contribution in [0.25, 0.3) is 0 Å². The number of hydrogen-bond donors (Lipinski definition) is 1. The Labute approximate surface area is 101 Å². The summed E-state index contributed by atoms with van der Waals surface area (Å²) in [5, 5.41) is 2.29. The van der Waals surface area contributed by atoms with Gasteiger partial charge in [-0.3, -0.25) is 19.8 Å². The van der Waals surface area contributed by atoms with Crippen molar-refractivity contribution in [3.63, 3.8) is 0 Å². The van der Waals surface area contributed by atoms with Crippen LogP contribution in [-0.2, 0) is 9.59 Å². The maximum Gasteiger partial charge on any atom is 0.331 e. The highest BCUT2D eigenvalue weighted by Gasteiger charge is 2.51. The van der Waals surface area contributed by atoms with E-state index in [4.69, 9.17) is 0 Å². The van der Waals surface area contributed by atoms with Crippen molar-refractivity contribution in [3.8, 4) is 0 Å². The monoisotopic (exact) mass is 238 g/mol. The van der Waals surface area contributed by atoms with Gasteiger partial charge in [0.15, 0.2) is 0 Å². The first-order valence-electron chi connectivity index (χ1n) is 6.06. The van der Waals surface area contributed by atoms with Gasteiger partial charge in [0.05, 0.1) is 0 Å². The van der Waals surface area contributed by atoms with Gasteiger partial charge in [0, 0.05) is 5.54 Å². The Hall–Kier alpha value is -1.39. The molecule has 2 fully saturated rings. The average molecular weight is 238 g/mol. The minimum atomic E-state index is -0.731. The number of nitrogens with zero attached hydrogens (tertiary/aromatic N) is 1. The molecule has 4 amide bonds. The first kappa shape index (κ1) is 12.1. The zero-order valence-corrected chi connectivity index (χ0v) is 10.4. The van der Waals surface area contributed by atoms with Crippen LogP contribution in [0, 0.1) is 11.8 Å². The van der Waals surface area contributed by atoms with Crippen molar-refractivity contribution in [2.75, 3.05) is 0 Å². The first-order chi connectivity index (χ1) is 7.87. The van der Waals surface area contributed by atoms with Crippen molar-refractivity contribution in [2.24, 2.45) is 11.8 Å². The van der Waals surface area contributed by atoms with Crippen molar-refractivity contribution in [2.45, 2.75) is 45.6 Å². The van der Waals surface area contributed by atoms with Gasteiger partial charge < -0.3 is 0 Å². The molecule has 1 N–H and O–H groups in total. The van der Waals surface area contributed by atoms with Gasteiger partial charge in [-0.2, -0.15) is 0 Å². The fourth-order valence-corrected chi connectivity index (χ4v) is 2.60. The lowest BCUT2D eigenvalue weighted by Gasteiger charge is -2.49. The van der Waals surface area contributed by atoms with Gasteiger partial charge in [0.1, 0.15) is 5.92 Å². The lowest BCUT2D eigenvalue weighted by atomic mass is 9.75. The highest BCUT2D eigenvalue weighted by Crippen LogP contribution is 2.39. The molecule has 5 nitrogen and oxygen atoms in total. The summed E-state index contributed by atoms with van der Waals surface area (Å²) in [5.74, 6) is -1.63. The third-order valence-electron chi connectivity index (χ3n) is 3.84. The zero-order chi connectivity index (χ0) is 12.8. The molecule has 1 saturated heterocycles. The number of carbonyl (C=O) groups is 3. The SMILES string of the molecule is CC(C)C1C(=O)NC(=O)N(C2(C)CCC2)C1=O. The summed E-state index contributed by atoms with van der Waals surface area (Å²) in [7, 11) is 0. The topological polar surface area (TPSA) is 66.5 Å². The Bertz CT molecular complexity index is 385. The van der Waals surface area contributed by atoms with Gasteiger partial charge in [0.2, 0.25) is 11.8 Å². The summed E-state index contributed by atoms with van der Waals surface area (Å²) in [4.78, 5) is 37.0. The van der Waals surface area contributed by atoms with Crippen molar-refractivity contribution in [1.82, 2.24) is 10.2 Å². The first-order valence-corrected chi connectivity index (χ1v) is 6.06. The minimum Gasteiger partial charge on any atom is -0.277 e. The number of imide groups is 2. The third kappa shape index (κ3) is 1.73. The van der Waals surface area contributed by atoms with Gasteiger partial charge >= 0.3 is 6.03 Å². The smallest absolute Gasteiger partial charge is 0.277 e. The largest absolute Gasteiger partial charge is 0.331 e. The maximum absolute atomic E-state index is 12.3. The van der Waals surface area contributed by atoms with Crippen LogP contribution in [0.3, 0.4) is 0 Å². The van der Waals surface area contributed by atoms with Crippen LogP contribution in [0.5, 0.6) is 0 Å². The predicted octanol–water partition coefficient (Wildman–Crippen LogP) is 1.28. The van der Waals surface area contributed by atoms with Crippen LogP contribution in [0.4, 0.5) is 4.79 Å². The molecule has 1 heterocycles. The summed E-state index contributed by atoms with van der Waals surface area (Å²) in [5.41, 5.74) is -0.394. The molecule has 2 rings (SSSR count). The summed E-state index contributed by atoms with van der Waals surface area (Å²) >= 11 is 0. The minimum absolute atomic E-state index is 0.0956. The highest BCUT2D eigenvalue weighted by molar-refractivity contribution is 6.16. The standard InChI is InChI=1S/C12H18N2O3/c1-7(2)8-9(15)13-11(17)14(10(8)16)12(3)5-4-6-12/h7-8H,4-6H2,1-3H3,(H,13,15,17). The molecule has 0 aromatic heterocycles. The fourth-order valence-electron chi connectivity index (χ4n) is 2.60. The molecule has 1 aliphatic heterocycles. The van der Waals surface area contributed by atoms with Gasteiger partial charge in [-0.25, -0.2) is 4.79 Å². The van der Waals surface area contributed by atoms with Crippen molar-refractivity contribution >= 4 is 17.8 Å². The number of barbiturate groups is 1. The summed E-state index contributed by atoms with van der Waals surface area (Å²) in [6, 6.07) is -0.556. The Morgan fingerprint density at radius 2 is 1.88 bits per heavy atom. The van der Waals surface area contributed by atoms with Crippen LogP contribution in [0.2, 0.25) is 0 Å². The van der Waals surface area contributed by atoms with Gasteiger partial charge in [-0.1, -0.05) is 13.8 Å². The van der Waals surface area contributed by atoms with Crippen molar-refractivity contribution in [1.29, 1.82) is 0 Å². The van der Waals surface area contributed by atoms with E-state index in [0.29, 0.717) is 0 Å². The van der Waals surface area contributed by atoms with E-state index >= 15 is 0 Å². The molecule has 1 aliphatic carbocycles. The molecule has 0 spiro atoms. The Balaban J connectivity index is 2.29. The molecule has 1 atom stereocenters. The molecule has 1 unspecified atom stereocenters. The molecule has 0 aromatic carbocycles. The zero-order valence-electron chi connectivity index (χ0n) is 10.4. The highest BCUT2D eigenvalue weighted by atomic mass is 16.2. The summed E-state index contributed by atoms with van der Waals surface area (Å²) < 4.78 is 0. The molecule has 5 heteroatoms. The maximum atomic E-state index is 12.3. The molecular weight excluding hydrogens is 220 g/mol. The number of hydrogen-bond acceptors (Lipinski definition) is 3. The lowest BCUT2D eigenvalue weighted by Crippen LogP contribution is -2.67. The number of carbonyl (C=O) groups excluding carboxylic acids is 3. The van der Waals surface area contributed by atoms with Crippen LogP contribution < -0.4 is 5.32 Å². The predicted molar refractivity (Wildman–Crippen MR) is 61.0 cm³/mol. The second kappa shape index (κ2) is 3.82. The van der Waals surface area contributed by atoms with Gasteiger partial charge in [-0.15, -0.1) is 0 Å². The van der Waals surface area contributed by atoms with E-state index < -0.39 is 23.4 Å². The van der Waals surface area contributed by atoms with Crippen molar-refractivity contribution < 1.29 is 14.4 Å². The second-order valence-electron chi connectivity index (χ2n) is 5.54. The van der Waals surface area contributed by atoms with Gasteiger partial charge in [0.25, 0.3) is 0 Å².